The van der Waals surface area contributed by atoms with Crippen LogP contribution in [0.2, 0.25) is 0 Å². The molecule has 0 aromatic carbocycles. The lowest BCUT2D eigenvalue weighted by Gasteiger charge is -2.09. The van der Waals surface area contributed by atoms with Gasteiger partial charge in [-0.3, -0.25) is 4.98 Å². The molecule has 2 aromatic heterocycles. The van der Waals surface area contributed by atoms with Crippen LogP contribution in [-0.4, -0.2) is 4.98 Å². The van der Waals surface area contributed by atoms with Gasteiger partial charge in [0.05, 0.1) is 21.7 Å². The molecule has 86 valence electrons. The highest BCUT2D eigenvalue weighted by atomic mass is 32.1. The average molecular weight is 254 g/mol. The predicted molar refractivity (Wildman–Crippen MR) is 57.3 cm³/mol. The van der Waals surface area contributed by atoms with Crippen LogP contribution in [0.1, 0.15) is 11.1 Å². The summed E-state index contributed by atoms with van der Waals surface area (Å²) in [5.74, 6) is 0. The molecule has 0 amide bonds. The number of nitriles is 1. The largest absolute Gasteiger partial charge is 0.417 e. The second kappa shape index (κ2) is 4.18. The molecule has 2 rings (SSSR count). The maximum Gasteiger partial charge on any atom is 0.417 e. The van der Waals surface area contributed by atoms with Crippen LogP contribution in [0.5, 0.6) is 0 Å². The topological polar surface area (TPSA) is 36.7 Å². The van der Waals surface area contributed by atoms with Gasteiger partial charge in [-0.05, 0) is 17.5 Å². The summed E-state index contributed by atoms with van der Waals surface area (Å²) in [4.78, 5) is 4.49. The minimum Gasteiger partial charge on any atom is -0.254 e. The van der Waals surface area contributed by atoms with Gasteiger partial charge < -0.3 is 0 Å². The first kappa shape index (κ1) is 11.6. The van der Waals surface area contributed by atoms with Gasteiger partial charge in [0.25, 0.3) is 0 Å². The third-order valence-electron chi connectivity index (χ3n) is 2.10. The Kier molecular flexibility index (Phi) is 2.86. The van der Waals surface area contributed by atoms with Gasteiger partial charge in [-0.15, -0.1) is 11.3 Å². The molecule has 0 aliphatic heterocycles. The summed E-state index contributed by atoms with van der Waals surface area (Å²) in [5.41, 5.74) is -1.18. The Morgan fingerprint density at radius 2 is 2.12 bits per heavy atom. The van der Waals surface area contributed by atoms with Crippen molar-refractivity contribution in [3.63, 3.8) is 0 Å². The maximum absolute atomic E-state index is 12.7. The van der Waals surface area contributed by atoms with E-state index in [2.05, 4.69) is 4.98 Å². The van der Waals surface area contributed by atoms with Crippen molar-refractivity contribution in [2.24, 2.45) is 0 Å². The molecule has 17 heavy (non-hydrogen) atoms. The molecule has 0 aliphatic carbocycles. The van der Waals surface area contributed by atoms with Crippen LogP contribution in [0.4, 0.5) is 13.2 Å². The molecule has 0 saturated heterocycles. The molecular weight excluding hydrogens is 249 g/mol. The van der Waals surface area contributed by atoms with E-state index in [9.17, 15) is 13.2 Å². The fourth-order valence-electron chi connectivity index (χ4n) is 1.34. The van der Waals surface area contributed by atoms with Gasteiger partial charge in [0, 0.05) is 6.20 Å². The predicted octanol–water partition coefficient (Wildman–Crippen LogP) is 3.70. The van der Waals surface area contributed by atoms with Crippen molar-refractivity contribution in [1.29, 1.82) is 5.26 Å². The molecule has 6 heteroatoms. The normalized spacial score (nSPS) is 11.2. The highest BCUT2D eigenvalue weighted by Gasteiger charge is 2.34. The molecule has 0 radical (unpaired) electrons. The zero-order valence-corrected chi connectivity index (χ0v) is 9.14. The van der Waals surface area contributed by atoms with Crippen LogP contribution in [0.15, 0.2) is 29.8 Å². The summed E-state index contributed by atoms with van der Waals surface area (Å²) >= 11 is 1.30. The first-order valence-corrected chi connectivity index (χ1v) is 5.41. The highest BCUT2D eigenvalue weighted by molar-refractivity contribution is 7.13. The zero-order chi connectivity index (χ0) is 12.5. The number of hydrogen-bond acceptors (Lipinski definition) is 3. The van der Waals surface area contributed by atoms with Crippen LogP contribution in [0, 0.1) is 11.3 Å². The molecule has 2 nitrogen and oxygen atoms in total. The van der Waals surface area contributed by atoms with Crippen LogP contribution in [0.3, 0.4) is 0 Å². The van der Waals surface area contributed by atoms with E-state index >= 15 is 0 Å². The number of rotatable bonds is 1. The quantitative estimate of drug-likeness (QED) is 0.778. The van der Waals surface area contributed by atoms with E-state index in [4.69, 9.17) is 5.26 Å². The Bertz CT molecular complexity index is 567. The lowest BCUT2D eigenvalue weighted by Crippen LogP contribution is -2.08. The Morgan fingerprint density at radius 1 is 1.35 bits per heavy atom. The molecule has 0 atom stereocenters. The third-order valence-corrected chi connectivity index (χ3v) is 3.00. The van der Waals surface area contributed by atoms with Gasteiger partial charge in [-0.25, -0.2) is 0 Å². The fourth-order valence-corrected chi connectivity index (χ4v) is 2.03. The zero-order valence-electron chi connectivity index (χ0n) is 8.32. The van der Waals surface area contributed by atoms with E-state index in [1.165, 1.54) is 17.4 Å². The summed E-state index contributed by atoms with van der Waals surface area (Å²) in [6.07, 6.45) is -3.59. The highest BCUT2D eigenvalue weighted by Crippen LogP contribution is 2.34. The third kappa shape index (κ3) is 2.29. The summed E-state index contributed by atoms with van der Waals surface area (Å²) in [5, 5.41) is 10.4. The first-order valence-electron chi connectivity index (χ1n) is 4.53. The standard InChI is InChI=1S/C11H5F3N2S/c12-11(13,14)8-4-9(10-2-1-3-17-10)16-6-7(8)5-15/h1-4,6H. The molecular formula is C11H5F3N2S. The minimum absolute atomic E-state index is 0.228. The number of hydrogen-bond donors (Lipinski definition) is 0. The fraction of sp³-hybridized carbons (Fsp3) is 0.0909. The smallest absolute Gasteiger partial charge is 0.254 e. The monoisotopic (exact) mass is 254 g/mol. The first-order chi connectivity index (χ1) is 8.02. The maximum atomic E-state index is 12.7. The molecule has 0 N–H and O–H groups in total. The minimum atomic E-state index is -4.54. The van der Waals surface area contributed by atoms with Crippen molar-refractivity contribution < 1.29 is 13.2 Å². The lowest BCUT2D eigenvalue weighted by atomic mass is 10.1. The number of pyridine rings is 1. The molecule has 0 fully saturated rings. The Labute approximate surface area is 99.0 Å². The van der Waals surface area contributed by atoms with E-state index in [1.807, 2.05) is 0 Å². The van der Waals surface area contributed by atoms with Crippen molar-refractivity contribution in [3.05, 3.63) is 40.9 Å². The summed E-state index contributed by atoms with van der Waals surface area (Å²) in [6, 6.07) is 5.81. The second-order valence-corrected chi connectivity index (χ2v) is 4.15. The Hall–Kier alpha value is -1.87. The van der Waals surface area contributed by atoms with Crippen LogP contribution >= 0.6 is 11.3 Å². The van der Waals surface area contributed by atoms with E-state index in [0.29, 0.717) is 4.88 Å². The van der Waals surface area contributed by atoms with Crippen LogP contribution in [-0.2, 0) is 6.18 Å². The molecule has 2 heterocycles. The molecule has 2 aromatic rings. The summed E-state index contributed by atoms with van der Waals surface area (Å²) in [6.45, 7) is 0. The second-order valence-electron chi connectivity index (χ2n) is 3.20. The van der Waals surface area contributed by atoms with Gasteiger partial charge in [0.1, 0.15) is 6.07 Å². The molecule has 0 saturated carbocycles. The van der Waals surface area contributed by atoms with E-state index in [1.54, 1.807) is 17.5 Å². The summed E-state index contributed by atoms with van der Waals surface area (Å²) in [7, 11) is 0. The van der Waals surface area contributed by atoms with Gasteiger partial charge in [-0.2, -0.15) is 18.4 Å². The molecule has 0 unspecified atom stereocenters. The molecule has 0 bridgehead atoms. The van der Waals surface area contributed by atoms with E-state index in [0.717, 1.165) is 12.3 Å². The number of nitrogens with zero attached hydrogens (tertiary/aromatic N) is 2. The SMILES string of the molecule is N#Cc1cnc(-c2cccs2)cc1C(F)(F)F. The van der Waals surface area contributed by atoms with E-state index in [-0.39, 0.29) is 5.69 Å². The number of aromatic nitrogens is 1. The van der Waals surface area contributed by atoms with Gasteiger partial charge in [0.15, 0.2) is 0 Å². The van der Waals surface area contributed by atoms with Crippen LogP contribution < -0.4 is 0 Å². The molecule has 0 spiro atoms. The Morgan fingerprint density at radius 3 is 2.65 bits per heavy atom. The van der Waals surface area contributed by atoms with Gasteiger partial charge in [0.2, 0.25) is 0 Å². The van der Waals surface area contributed by atoms with E-state index < -0.39 is 17.3 Å². The van der Waals surface area contributed by atoms with Crippen molar-refractivity contribution in [3.8, 4) is 16.6 Å². The lowest BCUT2D eigenvalue weighted by molar-refractivity contribution is -0.137. The summed E-state index contributed by atoms with van der Waals surface area (Å²) < 4.78 is 38.0. The van der Waals surface area contributed by atoms with Crippen LogP contribution in [0.25, 0.3) is 10.6 Å². The number of halogens is 3. The number of thiophene rings is 1. The van der Waals surface area contributed by atoms with Crippen molar-refractivity contribution >= 4 is 11.3 Å². The number of alkyl halides is 3. The van der Waals surface area contributed by atoms with Crippen molar-refractivity contribution in [2.45, 2.75) is 6.18 Å². The average Bonchev–Trinajstić information content (AvgIpc) is 2.80. The van der Waals surface area contributed by atoms with Crippen molar-refractivity contribution in [1.82, 2.24) is 4.98 Å². The van der Waals surface area contributed by atoms with Gasteiger partial charge in [-0.1, -0.05) is 6.07 Å². The van der Waals surface area contributed by atoms with Crippen molar-refractivity contribution in [2.75, 3.05) is 0 Å². The van der Waals surface area contributed by atoms with Gasteiger partial charge >= 0.3 is 6.18 Å². The molecule has 0 aliphatic rings. The Balaban J connectivity index is 2.58.